The number of halogens is 4. The van der Waals surface area contributed by atoms with Crippen LogP contribution in [-0.4, -0.2) is 18.2 Å². The van der Waals surface area contributed by atoms with E-state index >= 15 is 0 Å². The van der Waals surface area contributed by atoms with E-state index in [1.54, 1.807) is 0 Å². The van der Waals surface area contributed by atoms with E-state index in [0.717, 1.165) is 7.11 Å². The summed E-state index contributed by atoms with van der Waals surface area (Å²) in [4.78, 5) is 11.1. The third kappa shape index (κ3) is 2.53. The smallest absolute Gasteiger partial charge is 0.416 e. The molecule has 0 radical (unpaired) electrons. The Morgan fingerprint density at radius 3 is 2.44 bits per heavy atom. The van der Waals surface area contributed by atoms with Gasteiger partial charge in [-0.05, 0) is 12.1 Å². The van der Waals surface area contributed by atoms with Crippen LogP contribution in [0.5, 0.6) is 5.75 Å². The third-order valence-corrected chi connectivity index (χ3v) is 2.24. The molecule has 0 spiro atoms. The van der Waals surface area contributed by atoms with Crippen LogP contribution in [-0.2, 0) is 15.7 Å². The average molecular weight is 267 g/mol. The lowest BCUT2D eigenvalue weighted by Crippen LogP contribution is -2.26. The van der Waals surface area contributed by atoms with Crippen molar-refractivity contribution < 1.29 is 32.2 Å². The Labute approximate surface area is 99.0 Å². The van der Waals surface area contributed by atoms with Gasteiger partial charge in [0.2, 0.25) is 0 Å². The number of esters is 1. The molecule has 0 bridgehead atoms. The normalized spacial score (nSPS) is 13.2. The number of rotatable bonds is 2. The molecular weight excluding hydrogens is 258 g/mol. The van der Waals surface area contributed by atoms with Crippen LogP contribution in [0.2, 0.25) is 0 Å². The van der Waals surface area contributed by atoms with Gasteiger partial charge in [-0.3, -0.25) is 4.79 Å². The van der Waals surface area contributed by atoms with Crippen LogP contribution in [0.25, 0.3) is 0 Å². The molecule has 4 nitrogen and oxygen atoms in total. The number of carbonyl (C=O) groups excluding carboxylic acids is 1. The van der Waals surface area contributed by atoms with Crippen LogP contribution in [0.1, 0.15) is 17.2 Å². The fraction of sp³-hybridized carbons (Fsp3) is 0.300. The van der Waals surface area contributed by atoms with Crippen molar-refractivity contribution in [1.82, 2.24) is 0 Å². The molecular formula is C10H9F4NO3. The third-order valence-electron chi connectivity index (χ3n) is 2.24. The van der Waals surface area contributed by atoms with Crippen LogP contribution in [0.3, 0.4) is 0 Å². The van der Waals surface area contributed by atoms with Gasteiger partial charge in [-0.15, -0.1) is 0 Å². The molecule has 1 aromatic carbocycles. The molecule has 1 atom stereocenters. The molecule has 8 heteroatoms. The quantitative estimate of drug-likeness (QED) is 0.632. The van der Waals surface area contributed by atoms with Gasteiger partial charge in [-0.1, -0.05) is 0 Å². The fourth-order valence-electron chi connectivity index (χ4n) is 1.39. The van der Waals surface area contributed by atoms with Crippen molar-refractivity contribution in [3.05, 3.63) is 29.1 Å². The van der Waals surface area contributed by atoms with E-state index < -0.39 is 40.9 Å². The van der Waals surface area contributed by atoms with E-state index in [1.165, 1.54) is 0 Å². The number of methoxy groups -OCH3 is 1. The first kappa shape index (κ1) is 14.2. The van der Waals surface area contributed by atoms with Crippen molar-refractivity contribution in [2.24, 2.45) is 5.73 Å². The lowest BCUT2D eigenvalue weighted by molar-refractivity contribution is -0.144. The average Bonchev–Trinajstić information content (AvgIpc) is 2.29. The lowest BCUT2D eigenvalue weighted by atomic mass is 9.99. The Bertz CT molecular complexity index is 473. The first-order valence-electron chi connectivity index (χ1n) is 4.62. The zero-order valence-corrected chi connectivity index (χ0v) is 9.08. The molecule has 0 fully saturated rings. The SMILES string of the molecule is COC(=O)[C@H](N)c1c(C(F)(F)F)ccc(F)c1O. The minimum atomic E-state index is -4.88. The summed E-state index contributed by atoms with van der Waals surface area (Å²) in [6, 6.07) is -1.10. The molecule has 0 aliphatic carbocycles. The zero-order chi connectivity index (χ0) is 14.1. The van der Waals surface area contributed by atoms with Gasteiger partial charge in [-0.2, -0.15) is 13.2 Å². The highest BCUT2D eigenvalue weighted by Crippen LogP contribution is 2.39. The van der Waals surface area contributed by atoms with Gasteiger partial charge in [0.05, 0.1) is 12.7 Å². The van der Waals surface area contributed by atoms with Crippen molar-refractivity contribution >= 4 is 5.97 Å². The highest BCUT2D eigenvalue weighted by molar-refractivity contribution is 5.79. The number of aromatic hydroxyl groups is 1. The lowest BCUT2D eigenvalue weighted by Gasteiger charge is -2.18. The van der Waals surface area contributed by atoms with Gasteiger partial charge >= 0.3 is 12.1 Å². The Morgan fingerprint density at radius 2 is 2.00 bits per heavy atom. The van der Waals surface area contributed by atoms with Crippen LogP contribution in [0, 0.1) is 5.82 Å². The molecule has 0 aliphatic rings. The Morgan fingerprint density at radius 1 is 1.44 bits per heavy atom. The summed E-state index contributed by atoms with van der Waals surface area (Å²) in [6.45, 7) is 0. The van der Waals surface area contributed by atoms with Crippen LogP contribution in [0.4, 0.5) is 17.6 Å². The summed E-state index contributed by atoms with van der Waals surface area (Å²) in [5, 5.41) is 9.29. The Balaban J connectivity index is 3.48. The second-order valence-electron chi connectivity index (χ2n) is 3.36. The number of nitrogens with two attached hydrogens (primary N) is 1. The highest BCUT2D eigenvalue weighted by atomic mass is 19.4. The van der Waals surface area contributed by atoms with E-state index in [2.05, 4.69) is 4.74 Å². The summed E-state index contributed by atoms with van der Waals surface area (Å²) >= 11 is 0. The Hall–Kier alpha value is -1.83. The van der Waals surface area contributed by atoms with Crippen molar-refractivity contribution in [2.45, 2.75) is 12.2 Å². The van der Waals surface area contributed by atoms with Gasteiger partial charge < -0.3 is 15.6 Å². The van der Waals surface area contributed by atoms with Gasteiger partial charge in [0, 0.05) is 5.56 Å². The number of phenols is 1. The first-order chi connectivity index (χ1) is 8.20. The number of hydrogen-bond donors (Lipinski definition) is 2. The number of carbonyl (C=O) groups is 1. The maximum atomic E-state index is 13.1. The molecule has 3 N–H and O–H groups in total. The topological polar surface area (TPSA) is 72.5 Å². The molecule has 18 heavy (non-hydrogen) atoms. The van der Waals surface area contributed by atoms with Crippen LogP contribution < -0.4 is 5.73 Å². The van der Waals surface area contributed by atoms with Crippen LogP contribution >= 0.6 is 0 Å². The first-order valence-corrected chi connectivity index (χ1v) is 4.62. The number of benzene rings is 1. The number of phenolic OH excluding ortho intramolecular Hbond substituents is 1. The minimum absolute atomic E-state index is 0.396. The van der Waals surface area contributed by atoms with Crippen molar-refractivity contribution in [3.63, 3.8) is 0 Å². The maximum absolute atomic E-state index is 13.1. The van der Waals surface area contributed by atoms with E-state index in [0.29, 0.717) is 12.1 Å². The predicted molar refractivity (Wildman–Crippen MR) is 52.0 cm³/mol. The number of hydrogen-bond acceptors (Lipinski definition) is 4. The summed E-state index contributed by atoms with van der Waals surface area (Å²) in [7, 11) is 0.909. The summed E-state index contributed by atoms with van der Waals surface area (Å²) < 4.78 is 55.2. The highest BCUT2D eigenvalue weighted by Gasteiger charge is 2.38. The predicted octanol–water partition coefficient (Wildman–Crippen LogP) is 1.72. The summed E-state index contributed by atoms with van der Waals surface area (Å²) in [6.07, 6.45) is -4.88. The van der Waals surface area contributed by atoms with Gasteiger partial charge in [-0.25, -0.2) is 4.39 Å². The minimum Gasteiger partial charge on any atom is -0.505 e. The zero-order valence-electron chi connectivity index (χ0n) is 9.08. The molecule has 0 amide bonds. The molecule has 0 aromatic heterocycles. The van der Waals surface area contributed by atoms with Gasteiger partial charge in [0.15, 0.2) is 11.6 Å². The largest absolute Gasteiger partial charge is 0.505 e. The molecule has 1 rings (SSSR count). The monoisotopic (exact) mass is 267 g/mol. The molecule has 100 valence electrons. The van der Waals surface area contributed by atoms with Crippen molar-refractivity contribution in [1.29, 1.82) is 0 Å². The van der Waals surface area contributed by atoms with E-state index in [4.69, 9.17) is 5.73 Å². The van der Waals surface area contributed by atoms with E-state index in [1.807, 2.05) is 0 Å². The molecule has 0 saturated carbocycles. The van der Waals surface area contributed by atoms with E-state index in [-0.39, 0.29) is 0 Å². The standard InChI is InChI=1S/C10H9F4NO3/c1-18-9(17)7(15)6-4(10(12,13)14)2-3-5(11)8(6)16/h2-3,7,16H,15H2,1H3/t7-/m1/s1. The molecule has 0 heterocycles. The second-order valence-corrected chi connectivity index (χ2v) is 3.36. The summed E-state index contributed by atoms with van der Waals surface area (Å²) in [5.41, 5.74) is 2.78. The molecule has 0 saturated heterocycles. The summed E-state index contributed by atoms with van der Waals surface area (Å²) in [5.74, 6) is -3.85. The maximum Gasteiger partial charge on any atom is 0.416 e. The number of alkyl halides is 3. The molecule has 0 aliphatic heterocycles. The van der Waals surface area contributed by atoms with Crippen molar-refractivity contribution in [3.8, 4) is 5.75 Å². The number of ether oxygens (including phenoxy) is 1. The second kappa shape index (κ2) is 4.81. The van der Waals surface area contributed by atoms with Crippen molar-refractivity contribution in [2.75, 3.05) is 7.11 Å². The fourth-order valence-corrected chi connectivity index (χ4v) is 1.39. The van der Waals surface area contributed by atoms with Gasteiger partial charge in [0.1, 0.15) is 6.04 Å². The van der Waals surface area contributed by atoms with Gasteiger partial charge in [0.25, 0.3) is 0 Å². The molecule has 1 aromatic rings. The molecule has 0 unspecified atom stereocenters. The van der Waals surface area contributed by atoms with Crippen LogP contribution in [0.15, 0.2) is 12.1 Å². The van der Waals surface area contributed by atoms with E-state index in [9.17, 15) is 27.5 Å². The Kier molecular flexibility index (Phi) is 3.80.